The summed E-state index contributed by atoms with van der Waals surface area (Å²) in [6.07, 6.45) is 0. The quantitative estimate of drug-likeness (QED) is 0.127. The number of fused-ring (bicyclic) bond motifs is 15. The molecule has 2 aliphatic rings. The zero-order chi connectivity index (χ0) is 44.1. The summed E-state index contributed by atoms with van der Waals surface area (Å²) in [7, 11) is 0. The average molecular weight is 849 g/mol. The molecule has 0 amide bonds. The highest BCUT2D eigenvalue weighted by molar-refractivity contribution is 6.90. The molecular weight excluding hydrogens is 808 g/mol. The fourth-order valence-corrected chi connectivity index (χ4v) is 12.5. The number of rotatable bonds is 3. The van der Waals surface area contributed by atoms with Crippen molar-refractivity contribution in [1.82, 2.24) is 4.48 Å². The number of hydrogen-bond donors (Lipinski definition) is 0. The van der Waals surface area contributed by atoms with Crippen molar-refractivity contribution in [3.8, 4) is 33.4 Å². The van der Waals surface area contributed by atoms with Crippen molar-refractivity contribution in [1.29, 1.82) is 0 Å². The molecule has 0 saturated heterocycles. The van der Waals surface area contributed by atoms with Crippen LogP contribution in [0.4, 0.5) is 17.1 Å². The monoisotopic (exact) mass is 848 g/mol. The number of aryl methyl sites for hydroxylation is 2. The van der Waals surface area contributed by atoms with Crippen molar-refractivity contribution < 1.29 is 0 Å². The number of benzene rings is 12. The SMILES string of the molecule is Cc1c2ccccc2c(C)c2cc3c(cc12)B1c2c(cc4ccccc4c2-c2cc4ccccc4c4c5c6ccccc6ccc5n1c24)N3c1cc(-c2ccccc2)cc(-c2ccccc2)c1. The summed E-state index contributed by atoms with van der Waals surface area (Å²) >= 11 is 0. The Kier molecular flexibility index (Phi) is 7.47. The molecule has 0 atom stereocenters. The zero-order valence-corrected chi connectivity index (χ0v) is 37.2. The molecule has 1 aromatic heterocycles. The highest BCUT2D eigenvalue weighted by Gasteiger charge is 2.44. The zero-order valence-electron chi connectivity index (χ0n) is 37.2. The van der Waals surface area contributed by atoms with Crippen molar-refractivity contribution in [2.75, 3.05) is 4.90 Å². The molecule has 0 bridgehead atoms. The summed E-state index contributed by atoms with van der Waals surface area (Å²) in [5.41, 5.74) is 18.9. The smallest absolute Gasteiger partial charge is 0.333 e. The van der Waals surface area contributed by atoms with Gasteiger partial charge >= 0.3 is 6.85 Å². The van der Waals surface area contributed by atoms with Crippen molar-refractivity contribution in [2.24, 2.45) is 0 Å². The van der Waals surface area contributed by atoms with E-state index in [9.17, 15) is 0 Å². The fourth-order valence-electron chi connectivity index (χ4n) is 12.5. The molecule has 0 N–H and O–H groups in total. The minimum atomic E-state index is -0.114. The molecule has 0 spiro atoms. The lowest BCUT2D eigenvalue weighted by Gasteiger charge is -2.41. The standard InChI is InChI=1S/C64H41BN2/c1-38-48-24-15-16-25-49(48)39(2)54-37-58-56(36-53(38)54)65-63-59(66(58)47-32-45(40-17-5-3-6-18-40)31-46(33-47)41-19-7-4-8-20-41)35-44-23-11-13-27-51(44)60(63)55-34-43-22-10-14-28-52(43)62-61-50-26-12-9-21-42(50)29-30-57(61)67(65)64(55)62/h3-37H,1-2H3. The van der Waals surface area contributed by atoms with E-state index < -0.39 is 0 Å². The van der Waals surface area contributed by atoms with Crippen LogP contribution in [0.25, 0.3) is 109 Å². The van der Waals surface area contributed by atoms with Crippen molar-refractivity contribution >= 4 is 111 Å². The van der Waals surface area contributed by atoms with Gasteiger partial charge in [-0.05, 0) is 160 Å². The Hall–Kier alpha value is -8.40. The Morgan fingerprint density at radius 3 is 1.57 bits per heavy atom. The van der Waals surface area contributed by atoms with Gasteiger partial charge in [0.15, 0.2) is 0 Å². The van der Waals surface area contributed by atoms with E-state index in [2.05, 4.69) is 236 Å². The maximum Gasteiger partial charge on any atom is 0.333 e. The third-order valence-electron chi connectivity index (χ3n) is 15.4. The summed E-state index contributed by atoms with van der Waals surface area (Å²) in [6, 6.07) is 80.0. The maximum absolute atomic E-state index is 2.75. The van der Waals surface area contributed by atoms with Gasteiger partial charge in [-0.15, -0.1) is 0 Å². The van der Waals surface area contributed by atoms with Crippen LogP contribution in [-0.4, -0.2) is 11.3 Å². The second-order valence-electron chi connectivity index (χ2n) is 18.8. The van der Waals surface area contributed by atoms with Gasteiger partial charge in [-0.2, -0.15) is 0 Å². The predicted molar refractivity (Wildman–Crippen MR) is 288 cm³/mol. The first-order valence-electron chi connectivity index (χ1n) is 23.5. The molecule has 67 heavy (non-hydrogen) atoms. The summed E-state index contributed by atoms with van der Waals surface area (Å²) in [4.78, 5) is 2.63. The molecule has 310 valence electrons. The van der Waals surface area contributed by atoms with Gasteiger partial charge in [-0.3, -0.25) is 0 Å². The maximum atomic E-state index is 2.75. The van der Waals surface area contributed by atoms with Gasteiger partial charge in [0.05, 0.1) is 0 Å². The minimum Gasteiger partial charge on any atom is -0.375 e. The third kappa shape index (κ3) is 5.01. The number of hydrogen-bond acceptors (Lipinski definition) is 1. The molecule has 2 aliphatic heterocycles. The summed E-state index contributed by atoms with van der Waals surface area (Å²) in [6.45, 7) is 4.54. The summed E-state index contributed by atoms with van der Waals surface area (Å²) < 4.78 is 2.75. The molecule has 0 unspecified atom stereocenters. The van der Waals surface area contributed by atoms with E-state index in [1.807, 2.05) is 0 Å². The Morgan fingerprint density at radius 1 is 0.373 bits per heavy atom. The second-order valence-corrected chi connectivity index (χ2v) is 18.8. The molecule has 3 heterocycles. The van der Waals surface area contributed by atoms with E-state index in [1.54, 1.807) is 0 Å². The van der Waals surface area contributed by atoms with Crippen LogP contribution in [0, 0.1) is 13.8 Å². The Labute approximate surface area is 388 Å². The molecule has 0 radical (unpaired) electrons. The molecule has 15 rings (SSSR count). The molecular formula is C64H41BN2. The Morgan fingerprint density at radius 2 is 0.910 bits per heavy atom. The van der Waals surface area contributed by atoms with Crippen LogP contribution >= 0.6 is 0 Å². The van der Waals surface area contributed by atoms with Gasteiger partial charge in [0, 0.05) is 44.4 Å². The van der Waals surface area contributed by atoms with Gasteiger partial charge in [0.25, 0.3) is 0 Å². The molecule has 3 heteroatoms. The first kappa shape index (κ1) is 36.9. The van der Waals surface area contributed by atoms with Crippen LogP contribution < -0.4 is 15.8 Å². The van der Waals surface area contributed by atoms with Crippen molar-refractivity contribution in [3.63, 3.8) is 0 Å². The number of aromatic nitrogens is 1. The summed E-state index contributed by atoms with van der Waals surface area (Å²) in [5, 5.41) is 15.5. The van der Waals surface area contributed by atoms with Crippen molar-refractivity contribution in [2.45, 2.75) is 13.8 Å². The van der Waals surface area contributed by atoms with E-state index in [4.69, 9.17) is 0 Å². The lowest BCUT2D eigenvalue weighted by atomic mass is 9.44. The van der Waals surface area contributed by atoms with Gasteiger partial charge in [-0.25, -0.2) is 0 Å². The van der Waals surface area contributed by atoms with Crippen LogP contribution in [0.3, 0.4) is 0 Å². The van der Waals surface area contributed by atoms with Crippen LogP contribution in [0.2, 0.25) is 0 Å². The predicted octanol–water partition coefficient (Wildman–Crippen LogP) is 15.9. The van der Waals surface area contributed by atoms with Crippen LogP contribution in [-0.2, 0) is 0 Å². The van der Waals surface area contributed by atoms with Gasteiger partial charge in [-0.1, -0.05) is 170 Å². The van der Waals surface area contributed by atoms with Crippen LogP contribution in [0.15, 0.2) is 212 Å². The van der Waals surface area contributed by atoms with Gasteiger partial charge < -0.3 is 9.38 Å². The number of nitrogens with zero attached hydrogens (tertiary/aromatic N) is 2. The van der Waals surface area contributed by atoms with Crippen LogP contribution in [0.5, 0.6) is 0 Å². The fraction of sp³-hybridized carbons (Fsp3) is 0.0312. The first-order chi connectivity index (χ1) is 33.1. The van der Waals surface area contributed by atoms with Crippen LogP contribution in [0.1, 0.15) is 11.1 Å². The molecule has 13 aromatic rings. The van der Waals surface area contributed by atoms with E-state index >= 15 is 0 Å². The van der Waals surface area contributed by atoms with Gasteiger partial charge in [0.1, 0.15) is 0 Å². The lowest BCUT2D eigenvalue weighted by Crippen LogP contribution is -2.56. The highest BCUT2D eigenvalue weighted by Crippen LogP contribution is 2.52. The highest BCUT2D eigenvalue weighted by atomic mass is 15.2. The van der Waals surface area contributed by atoms with E-state index in [1.165, 1.54) is 142 Å². The Balaban J connectivity index is 1.17. The second kappa shape index (κ2) is 13.6. The van der Waals surface area contributed by atoms with E-state index in [0.29, 0.717) is 0 Å². The van der Waals surface area contributed by atoms with Crippen molar-refractivity contribution in [3.05, 3.63) is 223 Å². The van der Waals surface area contributed by atoms with Gasteiger partial charge in [0.2, 0.25) is 0 Å². The van der Waals surface area contributed by atoms with E-state index in [-0.39, 0.29) is 6.85 Å². The third-order valence-corrected chi connectivity index (χ3v) is 15.4. The average Bonchev–Trinajstić information content (AvgIpc) is 3.75. The lowest BCUT2D eigenvalue weighted by molar-refractivity contribution is 1.26. The largest absolute Gasteiger partial charge is 0.375 e. The first-order valence-corrected chi connectivity index (χ1v) is 23.5. The normalized spacial score (nSPS) is 12.9. The topological polar surface area (TPSA) is 8.17 Å². The molecule has 0 fully saturated rings. The molecule has 0 aliphatic carbocycles. The minimum absolute atomic E-state index is 0.114. The van der Waals surface area contributed by atoms with E-state index in [0.717, 1.165) is 5.69 Å². The number of anilines is 3. The Bertz CT molecular complexity index is 4240. The summed E-state index contributed by atoms with van der Waals surface area (Å²) in [5.74, 6) is 0. The molecule has 12 aromatic carbocycles. The molecule has 2 nitrogen and oxygen atoms in total. The molecule has 0 saturated carbocycles.